The van der Waals surface area contributed by atoms with E-state index < -0.39 is 11.6 Å². The first-order chi connectivity index (χ1) is 6.49. The van der Waals surface area contributed by atoms with E-state index >= 15 is 0 Å². The molecule has 0 unspecified atom stereocenters. The molecule has 0 aliphatic heterocycles. The molecule has 4 heteroatoms. The molecule has 0 aliphatic rings. The molecular weight excluding hydrogens is 207 g/mol. The van der Waals surface area contributed by atoms with E-state index in [1.165, 1.54) is 6.07 Å². The van der Waals surface area contributed by atoms with E-state index in [0.29, 0.717) is 11.8 Å². The number of rotatable bonds is 2. The normalized spacial score (nSPS) is 10.6. The van der Waals surface area contributed by atoms with Gasteiger partial charge in [0.25, 0.3) is 0 Å². The number of hydrogen-bond donors (Lipinski definition) is 1. The fraction of sp³-hybridized carbons (Fsp3) is 0.300. The lowest BCUT2D eigenvalue weighted by Gasteiger charge is -2.11. The highest BCUT2D eigenvalue weighted by atomic mass is 35.5. The SMILES string of the molecule is CC(C)c1cc(C=O)c(O)c(F)c1Cl. The summed E-state index contributed by atoms with van der Waals surface area (Å²) in [4.78, 5) is 10.5. The molecular formula is C10H10ClFO2. The Bertz CT molecular complexity index is 375. The molecule has 0 aromatic heterocycles. The Hall–Kier alpha value is -1.09. The van der Waals surface area contributed by atoms with E-state index in [1.54, 1.807) is 0 Å². The molecule has 76 valence electrons. The zero-order valence-electron chi connectivity index (χ0n) is 7.84. The van der Waals surface area contributed by atoms with Crippen molar-refractivity contribution in [2.24, 2.45) is 0 Å². The Balaban J connectivity index is 3.48. The lowest BCUT2D eigenvalue weighted by atomic mass is 10.00. The Morgan fingerprint density at radius 2 is 2.14 bits per heavy atom. The monoisotopic (exact) mass is 216 g/mol. The van der Waals surface area contributed by atoms with E-state index in [4.69, 9.17) is 11.6 Å². The predicted octanol–water partition coefficient (Wildman–Crippen LogP) is 3.12. The van der Waals surface area contributed by atoms with E-state index in [-0.39, 0.29) is 16.5 Å². The largest absolute Gasteiger partial charge is 0.504 e. The number of benzene rings is 1. The highest BCUT2D eigenvalue weighted by Gasteiger charge is 2.17. The molecule has 0 amide bonds. The number of phenols is 1. The third kappa shape index (κ3) is 1.73. The molecule has 1 N–H and O–H groups in total. The second-order valence-corrected chi connectivity index (χ2v) is 3.68. The van der Waals surface area contributed by atoms with Gasteiger partial charge in [-0.1, -0.05) is 25.4 Å². The van der Waals surface area contributed by atoms with Crippen LogP contribution < -0.4 is 0 Å². The first-order valence-corrected chi connectivity index (χ1v) is 4.52. The molecule has 1 aromatic rings. The van der Waals surface area contributed by atoms with Gasteiger partial charge in [-0.2, -0.15) is 0 Å². The van der Waals surface area contributed by atoms with Crippen LogP contribution in [0.25, 0.3) is 0 Å². The number of hydrogen-bond acceptors (Lipinski definition) is 2. The van der Waals surface area contributed by atoms with Crippen LogP contribution >= 0.6 is 11.6 Å². The second-order valence-electron chi connectivity index (χ2n) is 3.30. The number of carbonyl (C=O) groups excluding carboxylic acids is 1. The predicted molar refractivity (Wildman–Crippen MR) is 52.6 cm³/mol. The molecule has 0 radical (unpaired) electrons. The van der Waals surface area contributed by atoms with Gasteiger partial charge in [-0.15, -0.1) is 0 Å². The first-order valence-electron chi connectivity index (χ1n) is 4.15. The van der Waals surface area contributed by atoms with Gasteiger partial charge in [0.1, 0.15) is 0 Å². The third-order valence-corrected chi connectivity index (χ3v) is 2.37. The average molecular weight is 217 g/mol. The maximum absolute atomic E-state index is 13.3. The third-order valence-electron chi connectivity index (χ3n) is 1.99. The molecule has 0 saturated carbocycles. The van der Waals surface area contributed by atoms with Gasteiger partial charge in [-0.3, -0.25) is 4.79 Å². The molecule has 0 heterocycles. The topological polar surface area (TPSA) is 37.3 Å². The minimum atomic E-state index is -0.931. The summed E-state index contributed by atoms with van der Waals surface area (Å²) in [6, 6.07) is 1.40. The smallest absolute Gasteiger partial charge is 0.184 e. The average Bonchev–Trinajstić information content (AvgIpc) is 2.14. The molecule has 14 heavy (non-hydrogen) atoms. The molecule has 2 nitrogen and oxygen atoms in total. The molecule has 0 bridgehead atoms. The van der Waals surface area contributed by atoms with Gasteiger partial charge in [-0.05, 0) is 17.5 Å². The molecule has 0 aliphatic carbocycles. The maximum atomic E-state index is 13.3. The summed E-state index contributed by atoms with van der Waals surface area (Å²) in [5.41, 5.74) is 0.444. The van der Waals surface area contributed by atoms with Crippen molar-refractivity contribution in [3.63, 3.8) is 0 Å². The van der Waals surface area contributed by atoms with Crippen LogP contribution in [0, 0.1) is 5.82 Å². The van der Waals surface area contributed by atoms with Gasteiger partial charge >= 0.3 is 0 Å². The van der Waals surface area contributed by atoms with Crippen LogP contribution in [0.1, 0.15) is 35.7 Å². The summed E-state index contributed by atoms with van der Waals surface area (Å²) in [5.74, 6) is -1.62. The van der Waals surface area contributed by atoms with Crippen molar-refractivity contribution < 1.29 is 14.3 Å². The zero-order chi connectivity index (χ0) is 10.9. The summed E-state index contributed by atoms with van der Waals surface area (Å²) < 4.78 is 13.3. The molecule has 0 atom stereocenters. The van der Waals surface area contributed by atoms with Crippen LogP contribution in [0.15, 0.2) is 6.07 Å². The summed E-state index contributed by atoms with van der Waals surface area (Å²) in [6.45, 7) is 3.65. The standard InChI is InChI=1S/C10H10ClFO2/c1-5(2)7-3-6(4-13)10(14)9(12)8(7)11/h3-5,14H,1-2H3. The number of aldehydes is 1. The van der Waals surface area contributed by atoms with Crippen molar-refractivity contribution in [2.45, 2.75) is 19.8 Å². The fourth-order valence-corrected chi connectivity index (χ4v) is 1.53. The Morgan fingerprint density at radius 1 is 1.57 bits per heavy atom. The lowest BCUT2D eigenvalue weighted by molar-refractivity contribution is 0.112. The van der Waals surface area contributed by atoms with Crippen LogP contribution in [-0.2, 0) is 0 Å². The van der Waals surface area contributed by atoms with Crippen LogP contribution in [0.2, 0.25) is 5.02 Å². The maximum Gasteiger partial charge on any atom is 0.184 e. The van der Waals surface area contributed by atoms with E-state index in [0.717, 1.165) is 0 Å². The van der Waals surface area contributed by atoms with Crippen LogP contribution in [0.5, 0.6) is 5.75 Å². The van der Waals surface area contributed by atoms with Crippen molar-refractivity contribution >= 4 is 17.9 Å². The second kappa shape index (κ2) is 3.96. The van der Waals surface area contributed by atoms with Crippen LogP contribution in [-0.4, -0.2) is 11.4 Å². The number of phenolic OH excluding ortho intramolecular Hbond substituents is 1. The zero-order valence-corrected chi connectivity index (χ0v) is 8.60. The minimum absolute atomic E-state index is 0.00343. The molecule has 1 rings (SSSR count). The highest BCUT2D eigenvalue weighted by molar-refractivity contribution is 6.31. The Morgan fingerprint density at radius 3 is 2.57 bits per heavy atom. The van der Waals surface area contributed by atoms with Crippen LogP contribution in [0.3, 0.4) is 0 Å². The number of halogens is 2. The fourth-order valence-electron chi connectivity index (χ4n) is 1.17. The van der Waals surface area contributed by atoms with Gasteiger partial charge in [0.05, 0.1) is 10.6 Å². The van der Waals surface area contributed by atoms with Crippen molar-refractivity contribution in [3.05, 3.63) is 28.0 Å². The van der Waals surface area contributed by atoms with Gasteiger partial charge in [0, 0.05) is 0 Å². The summed E-state index contributed by atoms with van der Waals surface area (Å²) >= 11 is 5.67. The van der Waals surface area contributed by atoms with E-state index in [9.17, 15) is 14.3 Å². The summed E-state index contributed by atoms with van der Waals surface area (Å²) in [7, 11) is 0. The number of carbonyl (C=O) groups is 1. The van der Waals surface area contributed by atoms with E-state index in [1.807, 2.05) is 13.8 Å². The van der Waals surface area contributed by atoms with Gasteiger partial charge in [0.15, 0.2) is 17.9 Å². The van der Waals surface area contributed by atoms with Gasteiger partial charge in [-0.25, -0.2) is 4.39 Å². The molecule has 0 fully saturated rings. The number of aromatic hydroxyl groups is 1. The first kappa shape index (κ1) is 11.0. The molecule has 0 saturated heterocycles. The summed E-state index contributed by atoms with van der Waals surface area (Å²) in [6.07, 6.45) is 0.403. The highest BCUT2D eigenvalue weighted by Crippen LogP contribution is 2.34. The van der Waals surface area contributed by atoms with Crippen molar-refractivity contribution in [1.82, 2.24) is 0 Å². The summed E-state index contributed by atoms with van der Waals surface area (Å²) in [5, 5.41) is 9.07. The van der Waals surface area contributed by atoms with Gasteiger partial charge < -0.3 is 5.11 Å². The Labute approximate surface area is 86.3 Å². The van der Waals surface area contributed by atoms with Crippen molar-refractivity contribution in [2.75, 3.05) is 0 Å². The lowest BCUT2D eigenvalue weighted by Crippen LogP contribution is -1.96. The van der Waals surface area contributed by atoms with Crippen LogP contribution in [0.4, 0.5) is 4.39 Å². The Kier molecular flexibility index (Phi) is 3.11. The van der Waals surface area contributed by atoms with Crippen molar-refractivity contribution in [1.29, 1.82) is 0 Å². The minimum Gasteiger partial charge on any atom is -0.504 e. The van der Waals surface area contributed by atoms with Gasteiger partial charge in [0.2, 0.25) is 0 Å². The molecule has 1 aromatic carbocycles. The van der Waals surface area contributed by atoms with E-state index in [2.05, 4.69) is 0 Å². The van der Waals surface area contributed by atoms with Crippen molar-refractivity contribution in [3.8, 4) is 5.75 Å². The molecule has 0 spiro atoms. The quantitative estimate of drug-likeness (QED) is 0.772.